The van der Waals surface area contributed by atoms with Crippen LogP contribution in [0.15, 0.2) is 30.9 Å². The lowest BCUT2D eigenvalue weighted by molar-refractivity contribution is -0.141. The molecular formula is C28H30F3N9. The van der Waals surface area contributed by atoms with Gasteiger partial charge in [0.15, 0.2) is 5.65 Å². The molecule has 4 aromatic heterocycles. The molecule has 0 amide bonds. The third kappa shape index (κ3) is 4.67. The monoisotopic (exact) mass is 549 g/mol. The van der Waals surface area contributed by atoms with Crippen LogP contribution in [0.4, 0.5) is 18.9 Å². The van der Waals surface area contributed by atoms with Crippen molar-refractivity contribution in [2.75, 3.05) is 11.4 Å². The van der Waals surface area contributed by atoms with Gasteiger partial charge < -0.3 is 9.47 Å². The highest BCUT2D eigenvalue weighted by Crippen LogP contribution is 2.48. The summed E-state index contributed by atoms with van der Waals surface area (Å²) >= 11 is 0. The largest absolute Gasteiger partial charge is 0.433 e. The van der Waals surface area contributed by atoms with E-state index in [9.17, 15) is 18.4 Å². The van der Waals surface area contributed by atoms with E-state index in [4.69, 9.17) is 0 Å². The maximum Gasteiger partial charge on any atom is 0.433 e. The van der Waals surface area contributed by atoms with Gasteiger partial charge in [0.1, 0.15) is 23.9 Å². The smallest absolute Gasteiger partial charge is 0.365 e. The minimum absolute atomic E-state index is 0.0365. The number of hydrogen-bond acceptors (Lipinski definition) is 7. The highest BCUT2D eigenvalue weighted by Gasteiger charge is 2.43. The summed E-state index contributed by atoms with van der Waals surface area (Å²) in [7, 11) is 1.92. The SMILES string of the molecule is Cn1cnnc1[C@@H]1CCN(c2c(C#N)cc(C(F)(F)F)nc2-c2cnc3nn(C(C)(C)C)cc3c2)[C@H](C2CC2)C1. The van der Waals surface area contributed by atoms with Gasteiger partial charge in [-0.3, -0.25) is 4.68 Å². The van der Waals surface area contributed by atoms with E-state index in [2.05, 4.69) is 36.2 Å². The van der Waals surface area contributed by atoms with Crippen LogP contribution in [0.5, 0.6) is 0 Å². The molecule has 0 N–H and O–H groups in total. The van der Waals surface area contributed by atoms with E-state index in [1.807, 2.05) is 38.6 Å². The number of anilines is 1. The lowest BCUT2D eigenvalue weighted by Crippen LogP contribution is -2.44. The van der Waals surface area contributed by atoms with Crippen LogP contribution in [0.3, 0.4) is 0 Å². The molecule has 40 heavy (non-hydrogen) atoms. The molecule has 208 valence electrons. The summed E-state index contributed by atoms with van der Waals surface area (Å²) < 4.78 is 45.7. The van der Waals surface area contributed by atoms with Crippen LogP contribution >= 0.6 is 0 Å². The van der Waals surface area contributed by atoms with Gasteiger partial charge in [-0.1, -0.05) is 0 Å². The van der Waals surface area contributed by atoms with E-state index >= 15 is 0 Å². The van der Waals surface area contributed by atoms with E-state index in [1.165, 1.54) is 6.20 Å². The van der Waals surface area contributed by atoms with Crippen LogP contribution < -0.4 is 4.90 Å². The van der Waals surface area contributed by atoms with E-state index in [0.29, 0.717) is 34.7 Å². The van der Waals surface area contributed by atoms with E-state index < -0.39 is 11.9 Å². The Morgan fingerprint density at radius 1 is 1.10 bits per heavy atom. The number of pyridine rings is 2. The normalized spacial score (nSPS) is 20.2. The number of nitrogens with zero attached hydrogens (tertiary/aromatic N) is 9. The van der Waals surface area contributed by atoms with Gasteiger partial charge in [0, 0.05) is 48.9 Å². The third-order valence-electron chi connectivity index (χ3n) is 7.93. The van der Waals surface area contributed by atoms with Gasteiger partial charge in [0.2, 0.25) is 0 Å². The molecule has 2 aliphatic rings. The highest BCUT2D eigenvalue weighted by molar-refractivity contribution is 5.86. The van der Waals surface area contributed by atoms with Crippen LogP contribution in [0, 0.1) is 17.2 Å². The minimum atomic E-state index is -4.71. The molecule has 2 atom stereocenters. The second-order valence-electron chi connectivity index (χ2n) is 11.9. The Labute approximate surface area is 229 Å². The average Bonchev–Trinajstić information content (AvgIpc) is 3.51. The third-order valence-corrected chi connectivity index (χ3v) is 7.93. The predicted molar refractivity (Wildman–Crippen MR) is 142 cm³/mol. The Kier molecular flexibility index (Phi) is 6.09. The Balaban J connectivity index is 1.49. The Morgan fingerprint density at radius 3 is 2.50 bits per heavy atom. The molecule has 1 aliphatic heterocycles. The van der Waals surface area contributed by atoms with Crippen LogP contribution in [0.2, 0.25) is 0 Å². The van der Waals surface area contributed by atoms with Crippen molar-refractivity contribution in [3.8, 4) is 17.3 Å². The summed E-state index contributed by atoms with van der Waals surface area (Å²) in [4.78, 5) is 10.7. The maximum atomic E-state index is 14.0. The van der Waals surface area contributed by atoms with Crippen molar-refractivity contribution in [3.63, 3.8) is 0 Å². The molecule has 9 nitrogen and oxygen atoms in total. The summed E-state index contributed by atoms with van der Waals surface area (Å²) in [5.41, 5.74) is 0.0477. The first-order valence-corrected chi connectivity index (χ1v) is 13.4. The topological polar surface area (TPSA) is 101 Å². The van der Waals surface area contributed by atoms with Crippen LogP contribution in [0.1, 0.15) is 69.5 Å². The van der Waals surface area contributed by atoms with Gasteiger partial charge in [-0.25, -0.2) is 9.97 Å². The number of nitriles is 1. The molecule has 1 saturated carbocycles. The number of alkyl halides is 3. The van der Waals surface area contributed by atoms with Crippen LogP contribution in [-0.4, -0.2) is 47.1 Å². The Morgan fingerprint density at radius 2 is 1.88 bits per heavy atom. The van der Waals surface area contributed by atoms with E-state index in [-0.39, 0.29) is 28.8 Å². The molecule has 12 heteroatoms. The molecule has 0 spiro atoms. The number of aromatic nitrogens is 7. The Hall–Kier alpha value is -4.01. The van der Waals surface area contributed by atoms with Crippen molar-refractivity contribution in [2.45, 2.75) is 70.1 Å². The van der Waals surface area contributed by atoms with Crippen molar-refractivity contribution in [1.29, 1.82) is 5.26 Å². The zero-order chi connectivity index (χ0) is 28.4. The van der Waals surface area contributed by atoms with Gasteiger partial charge in [0.25, 0.3) is 0 Å². The van der Waals surface area contributed by atoms with Crippen molar-refractivity contribution in [1.82, 2.24) is 34.5 Å². The van der Waals surface area contributed by atoms with E-state index in [1.54, 1.807) is 17.1 Å². The quantitative estimate of drug-likeness (QED) is 0.335. The summed E-state index contributed by atoms with van der Waals surface area (Å²) in [5, 5.41) is 23.7. The fraction of sp³-hybridized carbons (Fsp3) is 0.500. The molecule has 1 aliphatic carbocycles. The number of hydrogen-bond donors (Lipinski definition) is 0. The fourth-order valence-electron chi connectivity index (χ4n) is 5.75. The van der Waals surface area contributed by atoms with E-state index in [0.717, 1.165) is 37.6 Å². The number of halogens is 3. The van der Waals surface area contributed by atoms with Gasteiger partial charge in [-0.15, -0.1) is 10.2 Å². The molecule has 1 saturated heterocycles. The van der Waals surface area contributed by atoms with Gasteiger partial charge in [-0.2, -0.15) is 23.5 Å². The Bertz CT molecular complexity index is 1620. The molecule has 0 bridgehead atoms. The van der Waals surface area contributed by atoms with Crippen LogP contribution in [-0.2, 0) is 18.8 Å². The molecular weight excluding hydrogens is 519 g/mol. The number of fused-ring (bicyclic) bond motifs is 1. The van der Waals surface area contributed by atoms with Crippen molar-refractivity contribution in [2.24, 2.45) is 13.0 Å². The standard InChI is InChI=1S/C28H30F3N9/c1-27(2,3)40-14-20-9-19(13-33-25(20)37-40)23-24(18(12-32)11-22(35-23)28(29,30)31)39-8-7-17(10-21(39)16-5-6-16)26-36-34-15-38(26)4/h9,11,13-17,21H,5-8,10H2,1-4H3/t17-,21+/m1/s1. The van der Waals surface area contributed by atoms with Crippen molar-refractivity contribution < 1.29 is 13.2 Å². The van der Waals surface area contributed by atoms with Gasteiger partial charge in [-0.05, 0) is 64.5 Å². The number of rotatable bonds is 4. The first-order chi connectivity index (χ1) is 18.9. The molecule has 4 aromatic rings. The summed E-state index contributed by atoms with van der Waals surface area (Å²) in [5.74, 6) is 1.47. The second kappa shape index (κ2) is 9.28. The molecule has 0 radical (unpaired) electrons. The summed E-state index contributed by atoms with van der Waals surface area (Å²) in [6.07, 6.45) is 3.91. The van der Waals surface area contributed by atoms with Gasteiger partial charge in [0.05, 0.1) is 22.5 Å². The number of piperidine rings is 1. The number of aryl methyl sites for hydroxylation is 1. The first kappa shape index (κ1) is 26.2. The van der Waals surface area contributed by atoms with Crippen molar-refractivity contribution >= 4 is 16.7 Å². The zero-order valence-corrected chi connectivity index (χ0v) is 22.8. The molecule has 6 rings (SSSR count). The average molecular weight is 550 g/mol. The molecule has 0 aromatic carbocycles. The summed E-state index contributed by atoms with van der Waals surface area (Å²) in [6, 6.07) is 4.74. The highest BCUT2D eigenvalue weighted by atomic mass is 19.4. The van der Waals surface area contributed by atoms with Crippen LogP contribution in [0.25, 0.3) is 22.3 Å². The summed E-state index contributed by atoms with van der Waals surface area (Å²) in [6.45, 7) is 6.58. The lowest BCUT2D eigenvalue weighted by atomic mass is 9.86. The molecule has 5 heterocycles. The predicted octanol–water partition coefficient (Wildman–Crippen LogP) is 5.43. The van der Waals surface area contributed by atoms with Gasteiger partial charge >= 0.3 is 6.18 Å². The lowest BCUT2D eigenvalue weighted by Gasteiger charge is -2.42. The minimum Gasteiger partial charge on any atom is -0.365 e. The second-order valence-corrected chi connectivity index (χ2v) is 11.9. The first-order valence-electron chi connectivity index (χ1n) is 13.4. The maximum absolute atomic E-state index is 14.0. The molecule has 2 fully saturated rings. The van der Waals surface area contributed by atoms with Crippen molar-refractivity contribution in [3.05, 3.63) is 47.9 Å². The molecule has 0 unspecified atom stereocenters. The zero-order valence-electron chi connectivity index (χ0n) is 22.8. The fourth-order valence-corrected chi connectivity index (χ4v) is 5.75.